The van der Waals surface area contributed by atoms with Gasteiger partial charge in [0.2, 0.25) is 10.0 Å². The molecule has 1 aliphatic rings. The lowest BCUT2D eigenvalue weighted by Crippen LogP contribution is -2.42. The van der Waals surface area contributed by atoms with E-state index in [1.807, 2.05) is 6.07 Å². The number of piperidine rings is 1. The van der Waals surface area contributed by atoms with E-state index in [2.05, 4.69) is 18.8 Å². The van der Waals surface area contributed by atoms with Crippen LogP contribution in [0.4, 0.5) is 5.69 Å². The predicted octanol–water partition coefficient (Wildman–Crippen LogP) is 2.42. The van der Waals surface area contributed by atoms with Gasteiger partial charge in [0.1, 0.15) is 4.90 Å². The van der Waals surface area contributed by atoms with E-state index < -0.39 is 10.0 Å². The normalized spacial score (nSPS) is 24.5. The quantitative estimate of drug-likeness (QED) is 0.836. The van der Waals surface area contributed by atoms with E-state index in [9.17, 15) is 8.42 Å². The summed E-state index contributed by atoms with van der Waals surface area (Å²) in [6, 6.07) is 5.29. The van der Waals surface area contributed by atoms with Gasteiger partial charge in [0.05, 0.1) is 0 Å². The Balaban J connectivity index is 2.06. The number of nitrogens with zero attached hydrogens (tertiary/aromatic N) is 1. The van der Waals surface area contributed by atoms with E-state index in [0.29, 0.717) is 40.9 Å². The fourth-order valence-electron chi connectivity index (χ4n) is 3.27. The molecular weight excluding hydrogens is 286 g/mol. The van der Waals surface area contributed by atoms with E-state index in [1.54, 1.807) is 22.6 Å². The fraction of sp³-hybridized carbons (Fsp3) is 0.467. The van der Waals surface area contributed by atoms with Crippen LogP contribution in [-0.2, 0) is 10.0 Å². The van der Waals surface area contributed by atoms with Gasteiger partial charge in [0.15, 0.2) is 0 Å². The highest BCUT2D eigenvalue weighted by Crippen LogP contribution is 2.31. The maximum Gasteiger partial charge on any atom is 0.245 e. The van der Waals surface area contributed by atoms with Gasteiger partial charge in [0, 0.05) is 35.9 Å². The van der Waals surface area contributed by atoms with E-state index in [1.165, 1.54) is 0 Å². The first-order chi connectivity index (χ1) is 9.88. The summed E-state index contributed by atoms with van der Waals surface area (Å²) in [6.45, 7) is 5.38. The van der Waals surface area contributed by atoms with Crippen LogP contribution in [0.2, 0.25) is 0 Å². The Kier molecular flexibility index (Phi) is 3.45. The third-order valence-electron chi connectivity index (χ3n) is 4.12. The topological polar surface area (TPSA) is 79.2 Å². The lowest BCUT2D eigenvalue weighted by molar-refractivity contribution is 0.222. The highest BCUT2D eigenvalue weighted by molar-refractivity contribution is 7.89. The van der Waals surface area contributed by atoms with Crippen LogP contribution in [0, 0.1) is 11.8 Å². The van der Waals surface area contributed by atoms with Gasteiger partial charge in [-0.3, -0.25) is 0 Å². The van der Waals surface area contributed by atoms with Gasteiger partial charge >= 0.3 is 0 Å². The summed E-state index contributed by atoms with van der Waals surface area (Å²) in [6.07, 6.45) is 2.65. The fourth-order valence-corrected chi connectivity index (χ4v) is 5.10. The molecule has 1 fully saturated rings. The number of anilines is 1. The molecule has 6 heteroatoms. The number of aromatic amines is 1. The number of hydrogen-bond acceptors (Lipinski definition) is 3. The number of nitrogen functional groups attached to an aromatic ring is 1. The van der Waals surface area contributed by atoms with Crippen LogP contribution < -0.4 is 5.73 Å². The first-order valence-electron chi connectivity index (χ1n) is 7.24. The molecule has 3 N–H and O–H groups in total. The van der Waals surface area contributed by atoms with Gasteiger partial charge in [-0.25, -0.2) is 8.42 Å². The van der Waals surface area contributed by atoms with E-state index in [-0.39, 0.29) is 0 Å². The van der Waals surface area contributed by atoms with Gasteiger partial charge < -0.3 is 10.7 Å². The number of hydrogen-bond donors (Lipinski definition) is 2. The molecule has 0 bridgehead atoms. The van der Waals surface area contributed by atoms with Gasteiger partial charge in [-0.05, 0) is 36.5 Å². The lowest BCUT2D eigenvalue weighted by Gasteiger charge is -2.33. The number of nitrogens with two attached hydrogens (primary N) is 1. The second-order valence-corrected chi connectivity index (χ2v) is 8.13. The SMILES string of the molecule is CC1CC(C)CN(S(=O)(=O)c2c[nH]c3ccc(N)cc23)C1. The molecule has 114 valence electrons. The second kappa shape index (κ2) is 5.03. The van der Waals surface area contributed by atoms with E-state index in [4.69, 9.17) is 5.73 Å². The minimum Gasteiger partial charge on any atom is -0.399 e. The number of nitrogens with one attached hydrogen (secondary N) is 1. The molecule has 5 nitrogen and oxygen atoms in total. The molecule has 0 spiro atoms. The molecule has 0 radical (unpaired) electrons. The van der Waals surface area contributed by atoms with Gasteiger partial charge in [-0.15, -0.1) is 0 Å². The number of sulfonamides is 1. The Morgan fingerprint density at radius 1 is 1.24 bits per heavy atom. The van der Waals surface area contributed by atoms with Crippen molar-refractivity contribution in [3.63, 3.8) is 0 Å². The first-order valence-corrected chi connectivity index (χ1v) is 8.68. The summed E-state index contributed by atoms with van der Waals surface area (Å²) in [7, 11) is -3.48. The van der Waals surface area contributed by atoms with Crippen molar-refractivity contribution < 1.29 is 8.42 Å². The standard InChI is InChI=1S/C15H21N3O2S/c1-10-5-11(2)9-18(8-10)21(19,20)15-7-17-14-4-3-12(16)6-13(14)15/h3-4,6-7,10-11,17H,5,8-9,16H2,1-2H3. The smallest absolute Gasteiger partial charge is 0.245 e. The third-order valence-corrected chi connectivity index (χ3v) is 5.99. The third kappa shape index (κ3) is 2.53. The summed E-state index contributed by atoms with van der Waals surface area (Å²) >= 11 is 0. The van der Waals surface area contributed by atoms with Crippen LogP contribution in [-0.4, -0.2) is 30.8 Å². The molecule has 1 aromatic heterocycles. The highest BCUT2D eigenvalue weighted by atomic mass is 32.2. The van der Waals surface area contributed by atoms with Crippen molar-refractivity contribution in [1.29, 1.82) is 0 Å². The summed E-state index contributed by atoms with van der Waals surface area (Å²) in [5, 5.41) is 0.667. The Morgan fingerprint density at radius 2 is 1.90 bits per heavy atom. The van der Waals surface area contributed by atoms with Crippen molar-refractivity contribution in [2.45, 2.75) is 25.2 Å². The van der Waals surface area contributed by atoms with Gasteiger partial charge in [0.25, 0.3) is 0 Å². The maximum absolute atomic E-state index is 12.9. The summed E-state index contributed by atoms with van der Waals surface area (Å²) in [4.78, 5) is 3.35. The molecule has 1 aromatic carbocycles. The Morgan fingerprint density at radius 3 is 2.57 bits per heavy atom. The average Bonchev–Trinajstić information content (AvgIpc) is 2.81. The van der Waals surface area contributed by atoms with Crippen molar-refractivity contribution in [3.05, 3.63) is 24.4 Å². The molecule has 0 amide bonds. The van der Waals surface area contributed by atoms with Crippen LogP contribution in [0.15, 0.2) is 29.3 Å². The number of aromatic nitrogens is 1. The van der Waals surface area contributed by atoms with Crippen molar-refractivity contribution in [2.24, 2.45) is 11.8 Å². The predicted molar refractivity (Wildman–Crippen MR) is 84.4 cm³/mol. The molecule has 21 heavy (non-hydrogen) atoms. The van der Waals surface area contributed by atoms with Crippen molar-refractivity contribution >= 4 is 26.6 Å². The van der Waals surface area contributed by atoms with Crippen molar-refractivity contribution in [2.75, 3.05) is 18.8 Å². The van der Waals surface area contributed by atoms with E-state index >= 15 is 0 Å². The largest absolute Gasteiger partial charge is 0.399 e. The number of H-pyrrole nitrogens is 1. The monoisotopic (exact) mass is 307 g/mol. The minimum atomic E-state index is -3.48. The van der Waals surface area contributed by atoms with Crippen molar-refractivity contribution in [3.8, 4) is 0 Å². The lowest BCUT2D eigenvalue weighted by atomic mass is 9.94. The zero-order chi connectivity index (χ0) is 15.2. The molecule has 2 atom stereocenters. The van der Waals surface area contributed by atoms with Crippen LogP contribution in [0.1, 0.15) is 20.3 Å². The Hall–Kier alpha value is -1.53. The molecule has 0 saturated carbocycles. The molecule has 3 rings (SSSR count). The summed E-state index contributed by atoms with van der Waals surface area (Å²) < 4.78 is 27.5. The zero-order valence-electron chi connectivity index (χ0n) is 12.3. The molecule has 2 unspecified atom stereocenters. The van der Waals surface area contributed by atoms with Crippen LogP contribution in [0.5, 0.6) is 0 Å². The second-order valence-electron chi connectivity index (χ2n) is 6.23. The molecule has 2 aromatic rings. The van der Waals surface area contributed by atoms with Crippen LogP contribution in [0.25, 0.3) is 10.9 Å². The molecule has 0 aliphatic carbocycles. The van der Waals surface area contributed by atoms with Gasteiger partial charge in [-0.2, -0.15) is 4.31 Å². The molecule has 2 heterocycles. The number of benzene rings is 1. The molecule has 1 aliphatic heterocycles. The minimum absolute atomic E-state index is 0.325. The average molecular weight is 307 g/mol. The molecular formula is C15H21N3O2S. The highest BCUT2D eigenvalue weighted by Gasteiger charge is 2.33. The Labute approximate surface area is 125 Å². The number of fused-ring (bicyclic) bond motifs is 1. The van der Waals surface area contributed by atoms with E-state index in [0.717, 1.165) is 11.9 Å². The summed E-state index contributed by atoms with van der Waals surface area (Å²) in [5.41, 5.74) is 7.16. The maximum atomic E-state index is 12.9. The number of rotatable bonds is 2. The summed E-state index contributed by atoms with van der Waals surface area (Å²) in [5.74, 6) is 0.776. The van der Waals surface area contributed by atoms with Gasteiger partial charge in [-0.1, -0.05) is 13.8 Å². The Bertz CT molecular complexity index is 756. The van der Waals surface area contributed by atoms with Crippen LogP contribution in [0.3, 0.4) is 0 Å². The van der Waals surface area contributed by atoms with Crippen LogP contribution >= 0.6 is 0 Å². The first kappa shape index (κ1) is 14.4. The zero-order valence-corrected chi connectivity index (χ0v) is 13.2. The molecule has 1 saturated heterocycles. The van der Waals surface area contributed by atoms with Crippen molar-refractivity contribution in [1.82, 2.24) is 9.29 Å².